The van der Waals surface area contributed by atoms with Crippen molar-refractivity contribution in [2.45, 2.75) is 0 Å². The van der Waals surface area contributed by atoms with Crippen LogP contribution in [0.3, 0.4) is 0 Å². The summed E-state index contributed by atoms with van der Waals surface area (Å²) in [6.07, 6.45) is 0. The predicted molar refractivity (Wildman–Crippen MR) is 329 cm³/mol. The van der Waals surface area contributed by atoms with Crippen LogP contribution in [0.25, 0.3) is 83.4 Å². The molecular weight excluding hydrogens is 976 g/mol. The molecule has 17 rings (SSSR count). The highest BCUT2D eigenvalue weighted by Crippen LogP contribution is 2.50. The summed E-state index contributed by atoms with van der Waals surface area (Å²) in [5, 5.41) is 14.6. The second kappa shape index (κ2) is 16.6. The van der Waals surface area contributed by atoms with Gasteiger partial charge in [-0.25, -0.2) is 0 Å². The van der Waals surface area contributed by atoms with Crippen molar-refractivity contribution in [1.82, 2.24) is 0 Å². The number of benzene rings is 13. The van der Waals surface area contributed by atoms with E-state index in [1.807, 2.05) is 22.7 Å². The van der Waals surface area contributed by atoms with Crippen LogP contribution in [0, 0.1) is 0 Å². The van der Waals surface area contributed by atoms with E-state index in [9.17, 15) is 0 Å². The van der Waals surface area contributed by atoms with Gasteiger partial charge >= 0.3 is 0 Å². The fraction of sp³-hybridized carbons (Fsp3) is 0. The molecule has 0 fully saturated rings. The van der Waals surface area contributed by atoms with Crippen LogP contribution in [0.2, 0.25) is 0 Å². The lowest BCUT2D eigenvalue weighted by Gasteiger charge is -2.33. The summed E-state index contributed by atoms with van der Waals surface area (Å²) in [4.78, 5) is 4.85. The van der Waals surface area contributed by atoms with Gasteiger partial charge in [0.2, 0.25) is 0 Å². The molecule has 2 aliphatic rings. The van der Waals surface area contributed by atoms with Gasteiger partial charge in [0.15, 0.2) is 0 Å². The van der Waals surface area contributed by atoms with Crippen LogP contribution in [-0.4, -0.2) is 6.71 Å². The van der Waals surface area contributed by atoms with E-state index in [4.69, 9.17) is 9.47 Å². The van der Waals surface area contributed by atoms with Gasteiger partial charge in [-0.1, -0.05) is 152 Å². The minimum Gasteiger partial charge on any atom is -0.458 e. The van der Waals surface area contributed by atoms with Gasteiger partial charge in [0.05, 0.1) is 11.4 Å². The number of anilines is 6. The first kappa shape index (κ1) is 42.9. The van der Waals surface area contributed by atoms with Gasteiger partial charge in [-0.05, 0) is 140 Å². The van der Waals surface area contributed by atoms with Crippen molar-refractivity contribution in [3.05, 3.63) is 249 Å². The Balaban J connectivity index is 0.850. The van der Waals surface area contributed by atoms with Crippen LogP contribution in [0.15, 0.2) is 249 Å². The molecule has 0 saturated heterocycles. The second-order valence-corrected chi connectivity index (χ2v) is 22.5. The van der Waals surface area contributed by atoms with Crippen molar-refractivity contribution in [3.8, 4) is 23.0 Å². The SMILES string of the molecule is c1ccc(N(c2ccc3ccccc3c2)c2cc3sc4cc5c(cc4c3c3ccccc23)Oc2cccc3c2B5c2cc4sc5cc(N(c6ccccc6)c6ccc7ccccc7c6)c6ccccc6c5c4cc2O3)cc1. The highest BCUT2D eigenvalue weighted by molar-refractivity contribution is 7.26. The van der Waals surface area contributed by atoms with Crippen LogP contribution in [0.4, 0.5) is 34.1 Å². The Morgan fingerprint density at radius 3 is 1.17 bits per heavy atom. The molecule has 0 unspecified atom stereocenters. The molecule has 4 heterocycles. The summed E-state index contributed by atoms with van der Waals surface area (Å²) in [6, 6.07) is 90.7. The van der Waals surface area contributed by atoms with Crippen molar-refractivity contribution in [2.24, 2.45) is 0 Å². The predicted octanol–water partition coefficient (Wildman–Crippen LogP) is 18.7. The molecule has 2 aromatic heterocycles. The van der Waals surface area contributed by atoms with E-state index >= 15 is 0 Å². The third-order valence-corrected chi connectivity index (χ3v) is 18.2. The molecule has 0 bridgehead atoms. The molecule has 0 radical (unpaired) electrons. The largest absolute Gasteiger partial charge is 0.458 e. The van der Waals surface area contributed by atoms with E-state index in [-0.39, 0.29) is 6.71 Å². The minimum atomic E-state index is -0.0968. The van der Waals surface area contributed by atoms with Gasteiger partial charge in [0.25, 0.3) is 6.71 Å². The van der Waals surface area contributed by atoms with Gasteiger partial charge in [-0.15, -0.1) is 22.7 Å². The van der Waals surface area contributed by atoms with Crippen LogP contribution in [-0.2, 0) is 0 Å². The Morgan fingerprint density at radius 2 is 0.701 bits per heavy atom. The fourth-order valence-electron chi connectivity index (χ4n) is 12.7. The van der Waals surface area contributed by atoms with Crippen molar-refractivity contribution < 1.29 is 9.47 Å². The Morgan fingerprint density at radius 1 is 0.286 bits per heavy atom. The normalized spacial score (nSPS) is 12.6. The topological polar surface area (TPSA) is 24.9 Å². The number of fused-ring (bicyclic) bond motifs is 16. The van der Waals surface area contributed by atoms with E-state index < -0.39 is 0 Å². The molecule has 0 N–H and O–H groups in total. The summed E-state index contributed by atoms with van der Waals surface area (Å²) >= 11 is 3.73. The van der Waals surface area contributed by atoms with Gasteiger partial charge in [0.1, 0.15) is 23.0 Å². The number of nitrogens with zero attached hydrogens (tertiary/aromatic N) is 2. The molecule has 7 heteroatoms. The first-order valence-electron chi connectivity index (χ1n) is 26.2. The Kier molecular flexibility index (Phi) is 9.22. The maximum absolute atomic E-state index is 7.02. The molecule has 0 spiro atoms. The summed E-state index contributed by atoms with van der Waals surface area (Å²) < 4.78 is 19.0. The average Bonchev–Trinajstić information content (AvgIpc) is 4.06. The third-order valence-electron chi connectivity index (χ3n) is 16.0. The van der Waals surface area contributed by atoms with Gasteiger partial charge in [-0.3, -0.25) is 0 Å². The van der Waals surface area contributed by atoms with E-state index in [1.54, 1.807) is 0 Å². The number of rotatable bonds is 6. The Labute approximate surface area is 451 Å². The molecule has 4 nitrogen and oxygen atoms in total. The van der Waals surface area contributed by atoms with Gasteiger partial charge < -0.3 is 19.3 Å². The molecule has 358 valence electrons. The van der Waals surface area contributed by atoms with Crippen LogP contribution in [0.1, 0.15) is 0 Å². The highest BCUT2D eigenvalue weighted by Gasteiger charge is 2.41. The van der Waals surface area contributed by atoms with Crippen molar-refractivity contribution >= 4 is 163 Å². The van der Waals surface area contributed by atoms with E-state index in [0.717, 1.165) is 73.5 Å². The van der Waals surface area contributed by atoms with Crippen LogP contribution in [0.5, 0.6) is 23.0 Å². The highest BCUT2D eigenvalue weighted by atomic mass is 32.1. The fourth-order valence-corrected chi connectivity index (χ4v) is 15.0. The quantitative estimate of drug-likeness (QED) is 0.155. The smallest absolute Gasteiger partial charge is 0.260 e. The van der Waals surface area contributed by atoms with Crippen molar-refractivity contribution in [2.75, 3.05) is 9.80 Å². The molecule has 77 heavy (non-hydrogen) atoms. The lowest BCUT2D eigenvalue weighted by molar-refractivity contribution is 0.465. The van der Waals surface area contributed by atoms with Crippen molar-refractivity contribution in [1.29, 1.82) is 0 Å². The molecule has 2 aliphatic heterocycles. The number of hydrogen-bond donors (Lipinski definition) is 0. The molecule has 0 aliphatic carbocycles. The first-order chi connectivity index (χ1) is 38.1. The van der Waals surface area contributed by atoms with Gasteiger partial charge in [-0.2, -0.15) is 0 Å². The summed E-state index contributed by atoms with van der Waals surface area (Å²) in [7, 11) is 0. The van der Waals surface area contributed by atoms with E-state index in [2.05, 4.69) is 259 Å². The standard InChI is InChI=1S/C70H41BN2O2S2/c1-3-20-46(21-4-1)72(48-32-30-42-16-7-9-18-44(42)34-48)58-40-66-68(52-26-13-11-24-50(52)58)54-36-62-56(38-64(54)76-66)71-57-39-65-55(37-63(57)75-61-29-15-28-60(74-62)70(61)71)69-53-27-14-12-25-51(53)59(41-67(69)77-65)73(47-22-5-2-6-23-47)49-33-31-43-17-8-10-19-45(43)35-49/h1-41H. The number of para-hydroxylation sites is 2. The minimum absolute atomic E-state index is 0.0968. The van der Waals surface area contributed by atoms with Crippen molar-refractivity contribution in [3.63, 3.8) is 0 Å². The summed E-state index contributed by atoms with van der Waals surface area (Å²) in [5.74, 6) is 3.45. The maximum Gasteiger partial charge on any atom is 0.260 e. The summed E-state index contributed by atoms with van der Waals surface area (Å²) in [5.41, 5.74) is 10.1. The molecule has 0 saturated carbocycles. The van der Waals surface area contributed by atoms with E-state index in [0.29, 0.717) is 0 Å². The number of ether oxygens (including phenoxy) is 2. The van der Waals surface area contributed by atoms with E-state index in [1.165, 1.54) is 83.4 Å². The third kappa shape index (κ3) is 6.51. The maximum atomic E-state index is 7.02. The van der Waals surface area contributed by atoms with Gasteiger partial charge in [0, 0.05) is 79.3 Å². The monoisotopic (exact) mass is 1020 g/mol. The summed E-state index contributed by atoms with van der Waals surface area (Å²) in [6.45, 7) is -0.0968. The zero-order valence-electron chi connectivity index (χ0n) is 41.3. The molecule has 15 aromatic rings. The lowest BCUT2D eigenvalue weighted by atomic mass is 9.35. The average molecular weight is 1020 g/mol. The number of thiophene rings is 2. The van der Waals surface area contributed by atoms with Crippen LogP contribution >= 0.6 is 22.7 Å². The Hall–Kier alpha value is -9.40. The first-order valence-corrected chi connectivity index (χ1v) is 27.8. The molecule has 0 amide bonds. The number of hydrogen-bond acceptors (Lipinski definition) is 6. The zero-order valence-corrected chi connectivity index (χ0v) is 42.9. The molecular formula is C70H41BN2O2S2. The Bertz CT molecular complexity index is 4670. The van der Waals surface area contributed by atoms with Crippen LogP contribution < -0.4 is 35.7 Å². The zero-order chi connectivity index (χ0) is 50.3. The molecule has 13 aromatic carbocycles. The molecule has 0 atom stereocenters. The second-order valence-electron chi connectivity index (χ2n) is 20.3. The lowest BCUT2D eigenvalue weighted by Crippen LogP contribution is -2.57.